The number of halogens is 2. The van der Waals surface area contributed by atoms with E-state index in [1.165, 1.54) is 0 Å². The molecule has 40 heavy (non-hydrogen) atoms. The highest BCUT2D eigenvalue weighted by Crippen LogP contribution is 2.23. The van der Waals surface area contributed by atoms with Crippen LogP contribution in [0.5, 0.6) is 0 Å². The zero-order valence-electron chi connectivity index (χ0n) is 22.1. The maximum atomic E-state index is 13.1. The molecule has 0 radical (unpaired) electrons. The van der Waals surface area contributed by atoms with Crippen LogP contribution < -0.4 is 16.4 Å². The summed E-state index contributed by atoms with van der Waals surface area (Å²) in [4.78, 5) is 41.6. The van der Waals surface area contributed by atoms with E-state index in [-0.39, 0.29) is 23.7 Å². The summed E-state index contributed by atoms with van der Waals surface area (Å²) in [6.45, 7) is 3.77. The number of hydrogen-bond donors (Lipinski definition) is 3. The standard InChI is InChI=1S/C30H33Cl2N5O3/c31-25-9-4-8-23(18-25)29(39)35-27-19-24(28(38)34-20-26(32)21-6-2-1-3-7-21)11-10-22(27)12-15-36-13-5-14-37(17-16-36)30(33)40/h1-4,6-11,18-19,26H,5,12-17,20H2,(H2,33,40)(H,34,38)(H,35,39). The average Bonchev–Trinajstić information content (AvgIpc) is 3.21. The molecule has 210 valence electrons. The third-order valence-electron chi connectivity index (χ3n) is 6.91. The molecule has 0 aromatic heterocycles. The number of hydrogen-bond acceptors (Lipinski definition) is 4. The second kappa shape index (κ2) is 14.2. The van der Waals surface area contributed by atoms with Crippen molar-refractivity contribution in [3.8, 4) is 0 Å². The number of alkyl halides is 1. The Balaban J connectivity index is 1.48. The minimum atomic E-state index is -0.397. The number of benzene rings is 3. The average molecular weight is 583 g/mol. The molecule has 4 amide bonds. The molecular weight excluding hydrogens is 549 g/mol. The zero-order valence-corrected chi connectivity index (χ0v) is 23.6. The quantitative estimate of drug-likeness (QED) is 0.311. The van der Waals surface area contributed by atoms with Crippen molar-refractivity contribution in [2.24, 2.45) is 5.73 Å². The van der Waals surface area contributed by atoms with Crippen LogP contribution in [0.15, 0.2) is 72.8 Å². The third-order valence-corrected chi connectivity index (χ3v) is 7.55. The molecule has 3 aromatic rings. The van der Waals surface area contributed by atoms with E-state index in [4.69, 9.17) is 28.9 Å². The van der Waals surface area contributed by atoms with Crippen LogP contribution in [0.4, 0.5) is 10.5 Å². The smallest absolute Gasteiger partial charge is 0.314 e. The van der Waals surface area contributed by atoms with Crippen LogP contribution in [0, 0.1) is 0 Å². The van der Waals surface area contributed by atoms with Crippen LogP contribution in [0.1, 0.15) is 43.6 Å². The second-order valence-corrected chi connectivity index (χ2v) is 10.7. The lowest BCUT2D eigenvalue weighted by Gasteiger charge is -2.21. The first-order chi connectivity index (χ1) is 19.3. The molecule has 10 heteroatoms. The van der Waals surface area contributed by atoms with E-state index in [9.17, 15) is 14.4 Å². The summed E-state index contributed by atoms with van der Waals surface area (Å²) in [6, 6.07) is 21.2. The Morgan fingerprint density at radius 1 is 0.875 bits per heavy atom. The van der Waals surface area contributed by atoms with Gasteiger partial charge in [-0.15, -0.1) is 11.6 Å². The van der Waals surface area contributed by atoms with Crippen molar-refractivity contribution in [2.45, 2.75) is 18.2 Å². The summed E-state index contributed by atoms with van der Waals surface area (Å²) in [5.41, 5.74) is 8.65. The van der Waals surface area contributed by atoms with Gasteiger partial charge in [-0.1, -0.05) is 54.1 Å². The largest absolute Gasteiger partial charge is 0.351 e. The van der Waals surface area contributed by atoms with Gasteiger partial charge in [-0.25, -0.2) is 4.79 Å². The molecule has 8 nitrogen and oxygen atoms in total. The topological polar surface area (TPSA) is 108 Å². The van der Waals surface area contributed by atoms with E-state index in [1.54, 1.807) is 41.3 Å². The van der Waals surface area contributed by atoms with Gasteiger partial charge in [0.15, 0.2) is 0 Å². The lowest BCUT2D eigenvalue weighted by Crippen LogP contribution is -2.38. The molecule has 1 aliphatic rings. The summed E-state index contributed by atoms with van der Waals surface area (Å²) in [5.74, 6) is -0.608. The van der Waals surface area contributed by atoms with E-state index in [0.717, 1.165) is 30.6 Å². The van der Waals surface area contributed by atoms with Gasteiger partial charge in [0.05, 0.1) is 5.38 Å². The summed E-state index contributed by atoms with van der Waals surface area (Å²) >= 11 is 12.6. The highest BCUT2D eigenvalue weighted by atomic mass is 35.5. The third kappa shape index (κ3) is 8.21. The maximum Gasteiger partial charge on any atom is 0.314 e. The first kappa shape index (κ1) is 29.4. The number of anilines is 1. The van der Waals surface area contributed by atoms with Crippen LogP contribution >= 0.6 is 23.2 Å². The molecule has 4 N–H and O–H groups in total. The van der Waals surface area contributed by atoms with Crippen LogP contribution in [0.25, 0.3) is 0 Å². The molecule has 3 aromatic carbocycles. The Morgan fingerprint density at radius 3 is 2.40 bits per heavy atom. The number of urea groups is 1. The number of amides is 4. The van der Waals surface area contributed by atoms with Crippen LogP contribution in [0.3, 0.4) is 0 Å². The monoisotopic (exact) mass is 581 g/mol. The molecule has 1 fully saturated rings. The fourth-order valence-electron chi connectivity index (χ4n) is 4.63. The molecular formula is C30H33Cl2N5O3. The summed E-state index contributed by atoms with van der Waals surface area (Å²) in [6.07, 6.45) is 1.48. The zero-order chi connectivity index (χ0) is 28.5. The molecule has 1 unspecified atom stereocenters. The number of nitrogens with one attached hydrogen (secondary N) is 2. The minimum absolute atomic E-state index is 0.258. The fraction of sp³-hybridized carbons (Fsp3) is 0.300. The number of primary amides is 1. The molecule has 0 spiro atoms. The Labute approximate surface area is 244 Å². The Morgan fingerprint density at radius 2 is 1.65 bits per heavy atom. The van der Waals surface area contributed by atoms with Gasteiger partial charge in [0.1, 0.15) is 0 Å². The van der Waals surface area contributed by atoms with E-state index >= 15 is 0 Å². The van der Waals surface area contributed by atoms with Gasteiger partial charge in [0.2, 0.25) is 0 Å². The molecule has 1 heterocycles. The van der Waals surface area contributed by atoms with Crippen LogP contribution in [-0.2, 0) is 6.42 Å². The number of carbonyl (C=O) groups is 3. The Hall–Kier alpha value is -3.59. The predicted octanol–water partition coefficient (Wildman–Crippen LogP) is 4.93. The lowest BCUT2D eigenvalue weighted by atomic mass is 10.0. The van der Waals surface area contributed by atoms with Crippen LogP contribution in [0.2, 0.25) is 5.02 Å². The van der Waals surface area contributed by atoms with Crippen molar-refractivity contribution < 1.29 is 14.4 Å². The van der Waals surface area contributed by atoms with Crippen molar-refractivity contribution in [3.63, 3.8) is 0 Å². The number of nitrogens with two attached hydrogens (primary N) is 1. The first-order valence-electron chi connectivity index (χ1n) is 13.2. The van der Waals surface area contributed by atoms with Crippen LogP contribution in [-0.4, -0.2) is 66.9 Å². The lowest BCUT2D eigenvalue weighted by molar-refractivity contribution is 0.0952. The minimum Gasteiger partial charge on any atom is -0.351 e. The van der Waals surface area contributed by atoms with E-state index in [0.29, 0.717) is 47.9 Å². The van der Waals surface area contributed by atoms with Gasteiger partial charge in [-0.05, 0) is 60.8 Å². The molecule has 0 bridgehead atoms. The van der Waals surface area contributed by atoms with Gasteiger partial charge in [0, 0.05) is 54.6 Å². The van der Waals surface area contributed by atoms with Crippen molar-refractivity contribution in [1.29, 1.82) is 0 Å². The summed E-state index contributed by atoms with van der Waals surface area (Å²) in [5, 5.41) is 5.95. The van der Waals surface area contributed by atoms with E-state index in [2.05, 4.69) is 15.5 Å². The highest BCUT2D eigenvalue weighted by molar-refractivity contribution is 6.31. The predicted molar refractivity (Wildman–Crippen MR) is 159 cm³/mol. The van der Waals surface area contributed by atoms with Gasteiger partial charge in [-0.3, -0.25) is 9.59 Å². The Bertz CT molecular complexity index is 1340. The number of carbonyl (C=O) groups excluding carboxylic acids is 3. The molecule has 1 saturated heterocycles. The molecule has 1 aliphatic heterocycles. The van der Waals surface area contributed by atoms with Gasteiger partial charge < -0.3 is 26.2 Å². The van der Waals surface area contributed by atoms with Crippen molar-refractivity contribution in [1.82, 2.24) is 15.1 Å². The molecule has 0 saturated carbocycles. The summed E-state index contributed by atoms with van der Waals surface area (Å²) in [7, 11) is 0. The van der Waals surface area contributed by atoms with E-state index in [1.807, 2.05) is 36.4 Å². The van der Waals surface area contributed by atoms with E-state index < -0.39 is 6.03 Å². The second-order valence-electron chi connectivity index (χ2n) is 9.70. The molecule has 1 atom stereocenters. The van der Waals surface area contributed by atoms with Crippen molar-refractivity contribution in [3.05, 3.63) is 100 Å². The fourth-order valence-corrected chi connectivity index (χ4v) is 5.05. The SMILES string of the molecule is NC(=O)N1CCCN(CCc2ccc(C(=O)NCC(Cl)c3ccccc3)cc2NC(=O)c2cccc(Cl)c2)CC1. The number of rotatable bonds is 9. The van der Waals surface area contributed by atoms with Gasteiger partial charge in [0.25, 0.3) is 11.8 Å². The Kier molecular flexibility index (Phi) is 10.4. The number of nitrogens with zero attached hydrogens (tertiary/aromatic N) is 2. The normalized spacial score (nSPS) is 14.7. The molecule has 4 rings (SSSR count). The molecule has 0 aliphatic carbocycles. The maximum absolute atomic E-state index is 13.1. The first-order valence-corrected chi connectivity index (χ1v) is 14.1. The highest BCUT2D eigenvalue weighted by Gasteiger charge is 2.19. The van der Waals surface area contributed by atoms with Gasteiger partial charge in [-0.2, -0.15) is 0 Å². The van der Waals surface area contributed by atoms with Crippen molar-refractivity contribution in [2.75, 3.05) is 44.6 Å². The summed E-state index contributed by atoms with van der Waals surface area (Å²) < 4.78 is 0. The van der Waals surface area contributed by atoms with Gasteiger partial charge >= 0.3 is 6.03 Å². The van der Waals surface area contributed by atoms with Crippen molar-refractivity contribution >= 4 is 46.7 Å².